The second kappa shape index (κ2) is 5.73. The first kappa shape index (κ1) is 14.5. The highest BCUT2D eigenvalue weighted by Gasteiger charge is 2.31. The van der Waals surface area contributed by atoms with Crippen LogP contribution in [0.1, 0.15) is 25.8 Å². The molecule has 21 heavy (non-hydrogen) atoms. The van der Waals surface area contributed by atoms with Crippen molar-refractivity contribution in [3.8, 4) is 5.75 Å². The Kier molecular flexibility index (Phi) is 3.95. The van der Waals surface area contributed by atoms with Gasteiger partial charge in [0.05, 0.1) is 18.5 Å². The topological polar surface area (TPSA) is 45.8 Å². The number of hydrogen-bond acceptors (Lipinski definition) is 5. The average Bonchev–Trinajstić information content (AvgIpc) is 2.62. The lowest BCUT2D eigenvalue weighted by Gasteiger charge is -2.26. The molecule has 2 aliphatic rings. The van der Waals surface area contributed by atoms with E-state index < -0.39 is 0 Å². The number of hydrogen-bond donors (Lipinski definition) is 2. The van der Waals surface area contributed by atoms with Crippen LogP contribution in [0.15, 0.2) is 12.1 Å². The Hall–Kier alpha value is -1.46. The lowest BCUT2D eigenvalue weighted by Crippen LogP contribution is -2.28. The molecule has 0 saturated carbocycles. The van der Waals surface area contributed by atoms with Crippen molar-refractivity contribution in [1.82, 2.24) is 5.32 Å². The van der Waals surface area contributed by atoms with Crippen LogP contribution in [0.5, 0.6) is 5.75 Å². The van der Waals surface area contributed by atoms with Crippen molar-refractivity contribution in [2.75, 3.05) is 43.7 Å². The van der Waals surface area contributed by atoms with E-state index in [1.165, 1.54) is 5.56 Å². The zero-order valence-corrected chi connectivity index (χ0v) is 13.2. The smallest absolute Gasteiger partial charge is 0.125 e. The van der Waals surface area contributed by atoms with Gasteiger partial charge in [0.2, 0.25) is 0 Å². The van der Waals surface area contributed by atoms with Gasteiger partial charge in [-0.25, -0.2) is 0 Å². The Balaban J connectivity index is 1.94. The van der Waals surface area contributed by atoms with Crippen LogP contribution in [-0.2, 0) is 11.3 Å². The monoisotopic (exact) mass is 291 g/mol. The molecule has 0 bridgehead atoms. The molecule has 1 fully saturated rings. The maximum absolute atomic E-state index is 6.08. The summed E-state index contributed by atoms with van der Waals surface area (Å²) >= 11 is 0. The van der Waals surface area contributed by atoms with Crippen LogP contribution in [0.2, 0.25) is 0 Å². The summed E-state index contributed by atoms with van der Waals surface area (Å²) in [6.07, 6.45) is 2.08. The molecule has 1 aromatic carbocycles. The number of ether oxygens (including phenoxy) is 1. The summed E-state index contributed by atoms with van der Waals surface area (Å²) in [4.78, 5) is 7.57. The Morgan fingerprint density at radius 1 is 1.29 bits per heavy atom. The SMILES string of the molecule is CONc1cc2c(cc1N1CCCNCC1)OC(C)(C)C2. The van der Waals surface area contributed by atoms with Crippen LogP contribution in [-0.4, -0.2) is 38.9 Å². The van der Waals surface area contributed by atoms with Crippen LogP contribution in [0, 0.1) is 0 Å². The molecule has 0 aromatic heterocycles. The fraction of sp³-hybridized carbons (Fsp3) is 0.625. The number of fused-ring (bicyclic) bond motifs is 1. The van der Waals surface area contributed by atoms with E-state index in [4.69, 9.17) is 9.57 Å². The van der Waals surface area contributed by atoms with Gasteiger partial charge >= 0.3 is 0 Å². The third-order valence-corrected chi connectivity index (χ3v) is 4.07. The van der Waals surface area contributed by atoms with Gasteiger partial charge < -0.3 is 15.0 Å². The molecule has 116 valence electrons. The predicted molar refractivity (Wildman–Crippen MR) is 85.2 cm³/mol. The molecule has 0 aliphatic carbocycles. The molecule has 2 aliphatic heterocycles. The highest BCUT2D eigenvalue weighted by Crippen LogP contribution is 2.41. The zero-order valence-electron chi connectivity index (χ0n) is 13.2. The van der Waals surface area contributed by atoms with Gasteiger partial charge in [-0.05, 0) is 32.9 Å². The first-order chi connectivity index (χ1) is 10.1. The fourth-order valence-corrected chi connectivity index (χ4v) is 3.18. The first-order valence-electron chi connectivity index (χ1n) is 7.70. The second-order valence-electron chi connectivity index (χ2n) is 6.41. The third kappa shape index (κ3) is 3.09. The highest BCUT2D eigenvalue weighted by atomic mass is 16.6. The van der Waals surface area contributed by atoms with Crippen molar-refractivity contribution < 1.29 is 9.57 Å². The zero-order chi connectivity index (χ0) is 14.9. The minimum atomic E-state index is -0.119. The lowest BCUT2D eigenvalue weighted by molar-refractivity contribution is 0.138. The summed E-state index contributed by atoms with van der Waals surface area (Å²) in [7, 11) is 1.65. The van der Waals surface area contributed by atoms with Crippen LogP contribution >= 0.6 is 0 Å². The Morgan fingerprint density at radius 2 is 2.14 bits per heavy atom. The van der Waals surface area contributed by atoms with Crippen LogP contribution < -0.4 is 20.4 Å². The molecule has 5 heteroatoms. The summed E-state index contributed by atoms with van der Waals surface area (Å²) in [5.74, 6) is 1.01. The molecule has 2 N–H and O–H groups in total. The van der Waals surface area contributed by atoms with Gasteiger partial charge in [0.15, 0.2) is 0 Å². The minimum absolute atomic E-state index is 0.119. The molecule has 1 saturated heterocycles. The van der Waals surface area contributed by atoms with Gasteiger partial charge in [-0.15, -0.1) is 0 Å². The van der Waals surface area contributed by atoms with E-state index in [9.17, 15) is 0 Å². The van der Waals surface area contributed by atoms with Gasteiger partial charge in [0.1, 0.15) is 11.4 Å². The van der Waals surface area contributed by atoms with Gasteiger partial charge in [0, 0.05) is 37.7 Å². The number of nitrogens with one attached hydrogen (secondary N) is 2. The largest absolute Gasteiger partial charge is 0.487 e. The number of rotatable bonds is 3. The summed E-state index contributed by atoms with van der Waals surface area (Å²) in [5, 5.41) is 3.44. The van der Waals surface area contributed by atoms with Crippen molar-refractivity contribution >= 4 is 11.4 Å². The van der Waals surface area contributed by atoms with E-state index in [2.05, 4.69) is 41.7 Å². The van der Waals surface area contributed by atoms with Gasteiger partial charge in [-0.2, -0.15) is 0 Å². The Bertz CT molecular complexity index is 508. The van der Waals surface area contributed by atoms with Gasteiger partial charge in [-0.1, -0.05) is 0 Å². The van der Waals surface area contributed by atoms with Crippen LogP contribution in [0.25, 0.3) is 0 Å². The van der Waals surface area contributed by atoms with E-state index in [0.29, 0.717) is 0 Å². The number of benzene rings is 1. The van der Waals surface area contributed by atoms with Crippen LogP contribution in [0.4, 0.5) is 11.4 Å². The minimum Gasteiger partial charge on any atom is -0.487 e. The standard InChI is InChI=1S/C16H25N3O2/c1-16(2)11-12-9-13(18-20-3)14(10-15(12)21-16)19-7-4-5-17-6-8-19/h9-10,17-18H,4-8,11H2,1-3H3. The first-order valence-corrected chi connectivity index (χ1v) is 7.70. The molecule has 3 rings (SSSR count). The second-order valence-corrected chi connectivity index (χ2v) is 6.41. The number of anilines is 2. The summed E-state index contributed by atoms with van der Waals surface area (Å²) in [6, 6.07) is 4.33. The quantitative estimate of drug-likeness (QED) is 0.836. The molecule has 1 aromatic rings. The van der Waals surface area contributed by atoms with Crippen molar-refractivity contribution in [2.45, 2.75) is 32.3 Å². The average molecular weight is 291 g/mol. The summed E-state index contributed by atoms with van der Waals surface area (Å²) in [5.41, 5.74) is 6.35. The van der Waals surface area contributed by atoms with Gasteiger partial charge in [0.25, 0.3) is 0 Å². The van der Waals surface area contributed by atoms with Crippen molar-refractivity contribution in [3.05, 3.63) is 17.7 Å². The fourth-order valence-electron chi connectivity index (χ4n) is 3.18. The molecule has 0 amide bonds. The molecule has 0 atom stereocenters. The molecular formula is C16H25N3O2. The maximum atomic E-state index is 6.08. The summed E-state index contributed by atoms with van der Waals surface area (Å²) < 4.78 is 6.08. The normalized spacial score (nSPS) is 20.6. The van der Waals surface area contributed by atoms with E-state index in [1.54, 1.807) is 7.11 Å². The maximum Gasteiger partial charge on any atom is 0.125 e. The van der Waals surface area contributed by atoms with Crippen molar-refractivity contribution in [2.24, 2.45) is 0 Å². The molecular weight excluding hydrogens is 266 g/mol. The lowest BCUT2D eigenvalue weighted by atomic mass is 10.0. The van der Waals surface area contributed by atoms with Gasteiger partial charge in [-0.3, -0.25) is 10.3 Å². The molecule has 0 radical (unpaired) electrons. The summed E-state index contributed by atoms with van der Waals surface area (Å²) in [6.45, 7) is 8.40. The molecule has 5 nitrogen and oxygen atoms in total. The Morgan fingerprint density at radius 3 is 2.95 bits per heavy atom. The number of nitrogens with zero attached hydrogens (tertiary/aromatic N) is 1. The van der Waals surface area contributed by atoms with Crippen molar-refractivity contribution in [3.63, 3.8) is 0 Å². The van der Waals surface area contributed by atoms with E-state index >= 15 is 0 Å². The van der Waals surface area contributed by atoms with E-state index in [-0.39, 0.29) is 5.60 Å². The molecule has 0 unspecified atom stereocenters. The highest BCUT2D eigenvalue weighted by molar-refractivity contribution is 5.74. The van der Waals surface area contributed by atoms with Crippen LogP contribution in [0.3, 0.4) is 0 Å². The van der Waals surface area contributed by atoms with Crippen molar-refractivity contribution in [1.29, 1.82) is 0 Å². The van der Waals surface area contributed by atoms with E-state index in [1.807, 2.05) is 0 Å². The Labute approximate surface area is 126 Å². The third-order valence-electron chi connectivity index (χ3n) is 4.07. The molecule has 0 spiro atoms. The van der Waals surface area contributed by atoms with E-state index in [0.717, 1.165) is 56.1 Å². The molecule has 2 heterocycles. The predicted octanol–water partition coefficient (Wildman–Crippen LogP) is 2.17.